The number of aromatic nitrogens is 3. The van der Waals surface area contributed by atoms with Crippen LogP contribution in [-0.2, 0) is 16.2 Å². The second-order valence-corrected chi connectivity index (χ2v) is 10.0. The first kappa shape index (κ1) is 22.4. The van der Waals surface area contributed by atoms with E-state index in [4.69, 9.17) is 0 Å². The number of hydrogen-bond donors (Lipinski definition) is 3. The summed E-state index contributed by atoms with van der Waals surface area (Å²) in [4.78, 5) is 3.67. The fourth-order valence-electron chi connectivity index (χ4n) is 2.94. The molecule has 0 spiro atoms. The van der Waals surface area contributed by atoms with E-state index in [1.165, 1.54) is 12.4 Å². The minimum atomic E-state index is -4.74. The van der Waals surface area contributed by atoms with Gasteiger partial charge in [0.15, 0.2) is 5.16 Å². The highest BCUT2D eigenvalue weighted by Gasteiger charge is 2.34. The maximum absolute atomic E-state index is 13.2. The van der Waals surface area contributed by atoms with Crippen molar-refractivity contribution in [2.24, 2.45) is 0 Å². The number of aromatic amines is 1. The number of alkyl halides is 3. The number of H-pyrrole nitrogens is 1. The molecule has 0 aliphatic rings. The van der Waals surface area contributed by atoms with Crippen molar-refractivity contribution in [1.29, 1.82) is 0 Å². The van der Waals surface area contributed by atoms with Gasteiger partial charge in [-0.15, -0.1) is 0 Å². The van der Waals surface area contributed by atoms with Crippen molar-refractivity contribution in [3.8, 4) is 5.75 Å². The molecule has 1 aromatic heterocycles. The van der Waals surface area contributed by atoms with Gasteiger partial charge in [0, 0.05) is 15.2 Å². The van der Waals surface area contributed by atoms with Gasteiger partial charge in [-0.05, 0) is 36.0 Å². The molecule has 0 bridgehead atoms. The first-order valence-corrected chi connectivity index (χ1v) is 11.8. The Bertz CT molecular complexity index is 1410. The Hall–Kier alpha value is -2.77. The smallest absolute Gasteiger partial charge is 0.417 e. The van der Waals surface area contributed by atoms with Crippen molar-refractivity contribution >= 4 is 54.2 Å². The van der Waals surface area contributed by atoms with Gasteiger partial charge in [-0.2, -0.15) is 18.3 Å². The van der Waals surface area contributed by atoms with Crippen LogP contribution in [0.1, 0.15) is 5.56 Å². The number of phenols is 1. The fourth-order valence-corrected chi connectivity index (χ4v) is 5.29. The van der Waals surface area contributed by atoms with Crippen LogP contribution < -0.4 is 4.72 Å². The molecule has 0 saturated heterocycles. The van der Waals surface area contributed by atoms with Crippen molar-refractivity contribution in [3.63, 3.8) is 0 Å². The summed E-state index contributed by atoms with van der Waals surface area (Å²) < 4.78 is 67.7. The molecule has 1 heterocycles. The molecule has 13 heteroatoms. The number of aromatic hydroxyl groups is 1. The number of nitrogens with one attached hydrogen (secondary N) is 2. The van der Waals surface area contributed by atoms with Crippen LogP contribution in [0, 0.1) is 0 Å². The molecule has 0 aliphatic heterocycles. The lowest BCUT2D eigenvalue weighted by molar-refractivity contribution is -0.138. The molecule has 3 N–H and O–H groups in total. The third kappa shape index (κ3) is 4.40. The van der Waals surface area contributed by atoms with Gasteiger partial charge in [-0.3, -0.25) is 9.82 Å². The summed E-state index contributed by atoms with van der Waals surface area (Å²) in [5.41, 5.74) is -1.03. The average molecular weight is 545 g/mol. The first-order chi connectivity index (χ1) is 15.1. The van der Waals surface area contributed by atoms with Crippen LogP contribution in [0.5, 0.6) is 5.75 Å². The molecule has 0 atom stereocenters. The lowest BCUT2D eigenvalue weighted by Crippen LogP contribution is -2.15. The number of phenolic OH excluding ortho intramolecular Hbond substituents is 1. The van der Waals surface area contributed by atoms with E-state index in [9.17, 15) is 26.7 Å². The van der Waals surface area contributed by atoms with Gasteiger partial charge >= 0.3 is 6.18 Å². The van der Waals surface area contributed by atoms with E-state index in [1.54, 1.807) is 24.3 Å². The van der Waals surface area contributed by atoms with Crippen LogP contribution in [0.15, 0.2) is 74.3 Å². The normalized spacial score (nSPS) is 12.2. The minimum Gasteiger partial charge on any atom is -0.506 e. The van der Waals surface area contributed by atoms with Gasteiger partial charge in [-0.1, -0.05) is 40.2 Å². The standard InChI is InChI=1S/C19H12BrF3N4O3S2/c20-14-6-5-10(7-13(14)19(21,22)23)32(29,30)27-15-8-16(31-18-24-9-25-26-18)17(28)12-4-2-1-3-11(12)15/h1-9,27-28H,(H,24,25,26). The van der Waals surface area contributed by atoms with Crippen molar-refractivity contribution in [2.75, 3.05) is 4.72 Å². The molecule has 0 saturated carbocycles. The monoisotopic (exact) mass is 544 g/mol. The summed E-state index contributed by atoms with van der Waals surface area (Å²) in [7, 11) is -4.39. The summed E-state index contributed by atoms with van der Waals surface area (Å²) in [6, 6.07) is 10.5. The quantitative estimate of drug-likeness (QED) is 0.290. The summed E-state index contributed by atoms with van der Waals surface area (Å²) in [6.45, 7) is 0. The van der Waals surface area contributed by atoms with E-state index < -0.39 is 26.7 Å². The van der Waals surface area contributed by atoms with Gasteiger partial charge in [0.2, 0.25) is 0 Å². The SMILES string of the molecule is O=S(=O)(Nc1cc(Sc2ncn[nH]2)c(O)c2ccccc12)c1ccc(Br)c(C(F)(F)F)c1. The molecule has 0 amide bonds. The van der Waals surface area contributed by atoms with Crippen LogP contribution in [0.4, 0.5) is 18.9 Å². The van der Waals surface area contributed by atoms with Crippen LogP contribution in [0.2, 0.25) is 0 Å². The average Bonchev–Trinajstić information content (AvgIpc) is 3.24. The maximum atomic E-state index is 13.2. The highest BCUT2D eigenvalue weighted by Crippen LogP contribution is 2.42. The predicted octanol–water partition coefficient (Wildman–Crippen LogP) is 5.40. The molecule has 0 unspecified atom stereocenters. The third-order valence-electron chi connectivity index (χ3n) is 4.38. The van der Waals surface area contributed by atoms with E-state index in [-0.39, 0.29) is 20.8 Å². The Morgan fingerprint density at radius 1 is 1.09 bits per heavy atom. The highest BCUT2D eigenvalue weighted by atomic mass is 79.9. The zero-order chi connectivity index (χ0) is 23.1. The van der Waals surface area contributed by atoms with Crippen LogP contribution in [-0.4, -0.2) is 28.7 Å². The summed E-state index contributed by atoms with van der Waals surface area (Å²) >= 11 is 3.81. The zero-order valence-electron chi connectivity index (χ0n) is 15.7. The van der Waals surface area contributed by atoms with Crippen molar-refractivity contribution in [3.05, 3.63) is 64.9 Å². The lowest BCUT2D eigenvalue weighted by atomic mass is 10.1. The number of nitrogens with zero attached hydrogens (tertiary/aromatic N) is 2. The largest absolute Gasteiger partial charge is 0.506 e. The molecule has 7 nitrogen and oxygen atoms in total. The molecule has 4 rings (SSSR count). The summed E-state index contributed by atoms with van der Waals surface area (Å²) in [5.74, 6) is -0.104. The molecule has 166 valence electrons. The molecule has 3 aromatic carbocycles. The zero-order valence-corrected chi connectivity index (χ0v) is 18.9. The molecule has 0 radical (unpaired) electrons. The highest BCUT2D eigenvalue weighted by molar-refractivity contribution is 9.10. The van der Waals surface area contributed by atoms with Gasteiger partial charge < -0.3 is 5.11 Å². The Morgan fingerprint density at radius 2 is 1.81 bits per heavy atom. The summed E-state index contributed by atoms with van der Waals surface area (Å²) in [5, 5.41) is 18.1. The molecule has 0 fully saturated rings. The van der Waals surface area contributed by atoms with Gasteiger partial charge in [0.25, 0.3) is 10.0 Å². The number of fused-ring (bicyclic) bond motifs is 1. The Morgan fingerprint density at radius 3 is 2.47 bits per heavy atom. The van der Waals surface area contributed by atoms with Crippen LogP contribution >= 0.6 is 27.7 Å². The second kappa shape index (κ2) is 8.30. The number of rotatable bonds is 5. The molecule has 0 aliphatic carbocycles. The van der Waals surface area contributed by atoms with Crippen LogP contribution in [0.25, 0.3) is 10.8 Å². The molecular formula is C19H12BrF3N4O3S2. The van der Waals surface area contributed by atoms with E-state index >= 15 is 0 Å². The minimum absolute atomic E-state index is 0.0805. The Kier molecular flexibility index (Phi) is 5.81. The van der Waals surface area contributed by atoms with Gasteiger partial charge in [0.05, 0.1) is 21.0 Å². The second-order valence-electron chi connectivity index (χ2n) is 6.45. The summed E-state index contributed by atoms with van der Waals surface area (Å²) in [6.07, 6.45) is -3.47. The van der Waals surface area contributed by atoms with E-state index in [1.807, 2.05) is 0 Å². The van der Waals surface area contributed by atoms with Crippen LogP contribution in [0.3, 0.4) is 0 Å². The van der Waals surface area contributed by atoms with E-state index in [2.05, 4.69) is 35.8 Å². The van der Waals surface area contributed by atoms with Crippen molar-refractivity contribution in [2.45, 2.75) is 21.1 Å². The Balaban J connectivity index is 1.81. The Labute approximate surface area is 192 Å². The van der Waals surface area contributed by atoms with Crippen molar-refractivity contribution < 1.29 is 26.7 Å². The number of anilines is 1. The molecular weight excluding hydrogens is 533 g/mol. The van der Waals surface area contributed by atoms with Crippen molar-refractivity contribution in [1.82, 2.24) is 15.2 Å². The number of benzene rings is 3. The molecule has 32 heavy (non-hydrogen) atoms. The topological polar surface area (TPSA) is 108 Å². The first-order valence-electron chi connectivity index (χ1n) is 8.74. The van der Waals surface area contributed by atoms with Gasteiger partial charge in [-0.25, -0.2) is 13.4 Å². The van der Waals surface area contributed by atoms with Gasteiger partial charge in [0.1, 0.15) is 12.1 Å². The maximum Gasteiger partial charge on any atom is 0.417 e. The number of hydrogen-bond acceptors (Lipinski definition) is 6. The third-order valence-corrected chi connectivity index (χ3v) is 7.35. The number of sulfonamides is 1. The lowest BCUT2D eigenvalue weighted by Gasteiger charge is -2.15. The fraction of sp³-hybridized carbons (Fsp3) is 0.0526. The molecule has 4 aromatic rings. The number of halogens is 4. The van der Waals surface area contributed by atoms with E-state index in [0.717, 1.165) is 23.9 Å². The predicted molar refractivity (Wildman–Crippen MR) is 116 cm³/mol. The van der Waals surface area contributed by atoms with E-state index in [0.29, 0.717) is 22.0 Å².